The van der Waals surface area contributed by atoms with Gasteiger partial charge >= 0.3 is 5.97 Å². The second kappa shape index (κ2) is 4.20. The number of aromatic amines is 1. The molecule has 0 saturated heterocycles. The van der Waals surface area contributed by atoms with E-state index in [1.165, 1.54) is 6.20 Å². The number of hydrogen-bond donors (Lipinski definition) is 4. The third-order valence-electron chi connectivity index (χ3n) is 2.74. The van der Waals surface area contributed by atoms with Crippen molar-refractivity contribution in [1.29, 1.82) is 0 Å². The molecule has 0 amide bonds. The predicted octanol–water partition coefficient (Wildman–Crippen LogP) is 0.955. The SMILES string of the molecule is Cc1ccc2[nH]cc(C(O)C(O)C(=O)O)c2c1. The summed E-state index contributed by atoms with van der Waals surface area (Å²) in [5.74, 6) is -1.44. The Labute approximate surface area is 97.3 Å². The second-order valence-electron chi connectivity index (χ2n) is 4.02. The normalized spacial score (nSPS) is 14.8. The first-order valence-corrected chi connectivity index (χ1v) is 5.17. The van der Waals surface area contributed by atoms with Crippen LogP contribution in [-0.4, -0.2) is 32.4 Å². The number of nitrogens with one attached hydrogen (secondary N) is 1. The number of carbonyl (C=O) groups is 1. The Morgan fingerprint density at radius 1 is 1.35 bits per heavy atom. The van der Waals surface area contributed by atoms with Crippen LogP contribution < -0.4 is 0 Å². The Morgan fingerprint density at radius 2 is 2.06 bits per heavy atom. The summed E-state index contributed by atoms with van der Waals surface area (Å²) in [6.07, 6.45) is -1.75. The third kappa shape index (κ3) is 2.02. The molecule has 0 aliphatic heterocycles. The molecule has 0 saturated carbocycles. The van der Waals surface area contributed by atoms with E-state index < -0.39 is 18.2 Å². The zero-order chi connectivity index (χ0) is 12.6. The number of aryl methyl sites for hydroxylation is 1. The standard InChI is InChI=1S/C12H13NO4/c1-6-2-3-9-7(4-6)8(5-13-9)10(14)11(15)12(16)17/h2-5,10-11,13-15H,1H3,(H,16,17). The highest BCUT2D eigenvalue weighted by Gasteiger charge is 2.27. The quantitative estimate of drug-likeness (QED) is 0.637. The Morgan fingerprint density at radius 3 is 2.71 bits per heavy atom. The maximum atomic E-state index is 10.6. The topological polar surface area (TPSA) is 93.5 Å². The number of benzene rings is 1. The summed E-state index contributed by atoms with van der Waals surface area (Å²) in [4.78, 5) is 13.5. The van der Waals surface area contributed by atoms with Crippen molar-refractivity contribution in [1.82, 2.24) is 4.98 Å². The van der Waals surface area contributed by atoms with Crippen molar-refractivity contribution in [2.75, 3.05) is 0 Å². The molecule has 17 heavy (non-hydrogen) atoms. The first-order valence-electron chi connectivity index (χ1n) is 5.17. The van der Waals surface area contributed by atoms with Crippen LogP contribution in [0.3, 0.4) is 0 Å². The molecule has 1 aromatic heterocycles. The lowest BCUT2D eigenvalue weighted by atomic mass is 10.0. The summed E-state index contributed by atoms with van der Waals surface area (Å²) >= 11 is 0. The molecule has 0 fully saturated rings. The van der Waals surface area contributed by atoms with Crippen molar-refractivity contribution < 1.29 is 20.1 Å². The van der Waals surface area contributed by atoms with E-state index in [0.29, 0.717) is 5.56 Å². The molecule has 0 bridgehead atoms. The van der Waals surface area contributed by atoms with E-state index in [-0.39, 0.29) is 0 Å². The van der Waals surface area contributed by atoms with E-state index in [9.17, 15) is 15.0 Å². The molecule has 90 valence electrons. The van der Waals surface area contributed by atoms with Crippen molar-refractivity contribution in [2.45, 2.75) is 19.1 Å². The van der Waals surface area contributed by atoms with Gasteiger partial charge in [-0.15, -0.1) is 0 Å². The largest absolute Gasteiger partial charge is 0.479 e. The molecule has 2 rings (SSSR count). The van der Waals surface area contributed by atoms with Crippen LogP contribution in [0.1, 0.15) is 17.2 Å². The average Bonchev–Trinajstić information content (AvgIpc) is 2.69. The van der Waals surface area contributed by atoms with Crippen molar-refractivity contribution in [3.63, 3.8) is 0 Å². The minimum atomic E-state index is -1.82. The van der Waals surface area contributed by atoms with E-state index >= 15 is 0 Å². The Balaban J connectivity index is 2.48. The number of H-pyrrole nitrogens is 1. The van der Waals surface area contributed by atoms with Gasteiger partial charge in [-0.3, -0.25) is 0 Å². The van der Waals surface area contributed by atoms with Crippen LogP contribution in [-0.2, 0) is 4.79 Å². The smallest absolute Gasteiger partial charge is 0.335 e. The van der Waals surface area contributed by atoms with Crippen molar-refractivity contribution >= 4 is 16.9 Å². The molecule has 2 atom stereocenters. The van der Waals surface area contributed by atoms with Gasteiger partial charge in [0, 0.05) is 22.7 Å². The first-order chi connectivity index (χ1) is 8.00. The van der Waals surface area contributed by atoms with Crippen LogP contribution in [0.5, 0.6) is 0 Å². The van der Waals surface area contributed by atoms with E-state index in [1.807, 2.05) is 25.1 Å². The van der Waals surface area contributed by atoms with E-state index in [2.05, 4.69) is 4.98 Å². The van der Waals surface area contributed by atoms with Gasteiger partial charge in [-0.2, -0.15) is 0 Å². The van der Waals surface area contributed by atoms with Crippen molar-refractivity contribution in [3.8, 4) is 0 Å². The van der Waals surface area contributed by atoms with E-state index in [0.717, 1.165) is 16.5 Å². The van der Waals surface area contributed by atoms with Crippen LogP contribution >= 0.6 is 0 Å². The number of carboxylic acids is 1. The maximum absolute atomic E-state index is 10.6. The highest BCUT2D eigenvalue weighted by molar-refractivity contribution is 5.85. The van der Waals surface area contributed by atoms with Crippen LogP contribution in [0.2, 0.25) is 0 Å². The van der Waals surface area contributed by atoms with Crippen molar-refractivity contribution in [3.05, 3.63) is 35.5 Å². The van der Waals surface area contributed by atoms with Crippen LogP contribution in [0.25, 0.3) is 10.9 Å². The van der Waals surface area contributed by atoms with Gasteiger partial charge in [0.25, 0.3) is 0 Å². The van der Waals surface area contributed by atoms with Crippen LogP contribution in [0, 0.1) is 6.92 Å². The van der Waals surface area contributed by atoms with Gasteiger partial charge in [0.1, 0.15) is 6.10 Å². The van der Waals surface area contributed by atoms with Gasteiger partial charge < -0.3 is 20.3 Å². The minimum Gasteiger partial charge on any atom is -0.479 e. The molecular weight excluding hydrogens is 222 g/mol. The highest BCUT2D eigenvalue weighted by atomic mass is 16.4. The molecule has 0 radical (unpaired) electrons. The molecule has 1 heterocycles. The van der Waals surface area contributed by atoms with E-state index in [1.54, 1.807) is 0 Å². The Bertz CT molecular complexity index is 561. The average molecular weight is 235 g/mol. The minimum absolute atomic E-state index is 0.388. The van der Waals surface area contributed by atoms with Crippen molar-refractivity contribution in [2.24, 2.45) is 0 Å². The van der Waals surface area contributed by atoms with Gasteiger partial charge in [0.15, 0.2) is 6.10 Å². The summed E-state index contributed by atoms with van der Waals surface area (Å²) < 4.78 is 0. The molecule has 4 N–H and O–H groups in total. The molecule has 0 aliphatic rings. The molecule has 2 aromatic rings. The zero-order valence-electron chi connectivity index (χ0n) is 9.21. The van der Waals surface area contributed by atoms with Gasteiger partial charge in [0.2, 0.25) is 0 Å². The highest BCUT2D eigenvalue weighted by Crippen LogP contribution is 2.27. The summed E-state index contributed by atoms with van der Waals surface area (Å²) in [6, 6.07) is 5.58. The molecule has 5 heteroatoms. The fraction of sp³-hybridized carbons (Fsp3) is 0.250. The van der Waals surface area contributed by atoms with Crippen LogP contribution in [0.4, 0.5) is 0 Å². The third-order valence-corrected chi connectivity index (χ3v) is 2.74. The number of aliphatic carboxylic acids is 1. The number of carboxylic acid groups (broad SMARTS) is 1. The fourth-order valence-electron chi connectivity index (χ4n) is 1.81. The lowest BCUT2D eigenvalue weighted by molar-refractivity contribution is -0.153. The van der Waals surface area contributed by atoms with Crippen LogP contribution in [0.15, 0.2) is 24.4 Å². The summed E-state index contributed by atoms with van der Waals surface area (Å²) in [6.45, 7) is 1.90. The second-order valence-corrected chi connectivity index (χ2v) is 4.02. The lowest BCUT2D eigenvalue weighted by Gasteiger charge is -2.13. The molecular formula is C12H13NO4. The number of fused-ring (bicyclic) bond motifs is 1. The number of hydrogen-bond acceptors (Lipinski definition) is 3. The number of aliphatic hydroxyl groups excluding tert-OH is 2. The summed E-state index contributed by atoms with van der Waals surface area (Å²) in [5.41, 5.74) is 2.18. The lowest BCUT2D eigenvalue weighted by Crippen LogP contribution is -2.27. The maximum Gasteiger partial charge on any atom is 0.335 e. The van der Waals surface area contributed by atoms with Gasteiger partial charge in [0.05, 0.1) is 0 Å². The van der Waals surface area contributed by atoms with Gasteiger partial charge in [-0.05, 0) is 19.1 Å². The monoisotopic (exact) mass is 235 g/mol. The summed E-state index contributed by atoms with van der Waals surface area (Å²) in [7, 11) is 0. The van der Waals surface area contributed by atoms with E-state index in [4.69, 9.17) is 5.11 Å². The molecule has 2 unspecified atom stereocenters. The summed E-state index contributed by atoms with van der Waals surface area (Å²) in [5, 5.41) is 28.5. The number of rotatable bonds is 3. The van der Waals surface area contributed by atoms with Gasteiger partial charge in [-0.25, -0.2) is 4.79 Å². The molecule has 1 aromatic carbocycles. The molecule has 5 nitrogen and oxygen atoms in total. The molecule has 0 aliphatic carbocycles. The fourth-order valence-corrected chi connectivity index (χ4v) is 1.81. The Hall–Kier alpha value is -1.85. The molecule has 0 spiro atoms. The first kappa shape index (κ1) is 11.6. The number of aliphatic hydroxyl groups is 2. The zero-order valence-corrected chi connectivity index (χ0v) is 9.21. The number of aromatic nitrogens is 1. The Kier molecular flexibility index (Phi) is 2.87. The van der Waals surface area contributed by atoms with Gasteiger partial charge in [-0.1, -0.05) is 11.6 Å². The predicted molar refractivity (Wildman–Crippen MR) is 61.6 cm³/mol.